The normalized spacial score (nSPS) is 17.3. The molecule has 0 aromatic heterocycles. The number of rotatable bonds is 6. The number of carbonyl (C=O) groups excluding carboxylic acids is 2. The van der Waals surface area contributed by atoms with Gasteiger partial charge in [-0.05, 0) is 43.2 Å². The van der Waals surface area contributed by atoms with Crippen LogP contribution in [0, 0.1) is 0 Å². The minimum absolute atomic E-state index is 0.122. The Morgan fingerprint density at radius 1 is 1.13 bits per heavy atom. The van der Waals surface area contributed by atoms with Crippen molar-refractivity contribution in [2.24, 2.45) is 0 Å². The van der Waals surface area contributed by atoms with Gasteiger partial charge in [0.25, 0.3) is 5.91 Å². The van der Waals surface area contributed by atoms with Crippen LogP contribution in [0.4, 0.5) is 0 Å². The van der Waals surface area contributed by atoms with Crippen LogP contribution in [0.1, 0.15) is 30.0 Å². The van der Waals surface area contributed by atoms with Crippen LogP contribution in [0.5, 0.6) is 17.2 Å². The smallest absolute Gasteiger partial charge is 0.338 e. The van der Waals surface area contributed by atoms with Crippen LogP contribution in [0.3, 0.4) is 0 Å². The van der Waals surface area contributed by atoms with E-state index in [9.17, 15) is 9.59 Å². The highest BCUT2D eigenvalue weighted by molar-refractivity contribution is 5.96. The van der Waals surface area contributed by atoms with E-state index in [0.717, 1.165) is 29.7 Å². The van der Waals surface area contributed by atoms with Crippen LogP contribution in [0.2, 0.25) is 0 Å². The van der Waals surface area contributed by atoms with E-state index in [2.05, 4.69) is 0 Å². The maximum atomic E-state index is 12.9. The van der Waals surface area contributed by atoms with E-state index in [1.54, 1.807) is 25.2 Å². The number of amides is 1. The molecule has 0 radical (unpaired) electrons. The van der Waals surface area contributed by atoms with E-state index < -0.39 is 5.97 Å². The topological polar surface area (TPSA) is 74.3 Å². The highest BCUT2D eigenvalue weighted by Crippen LogP contribution is 2.39. The summed E-state index contributed by atoms with van der Waals surface area (Å²) in [6, 6.07) is 12.9. The molecule has 1 saturated heterocycles. The molecule has 2 aromatic carbocycles. The molecule has 2 heterocycles. The van der Waals surface area contributed by atoms with Gasteiger partial charge in [0, 0.05) is 17.7 Å². The van der Waals surface area contributed by atoms with Crippen LogP contribution in [0.15, 0.2) is 48.0 Å². The molecule has 0 saturated carbocycles. The summed E-state index contributed by atoms with van der Waals surface area (Å²) in [4.78, 5) is 27.1. The second kappa shape index (κ2) is 9.12. The minimum atomic E-state index is -0.544. The molecule has 31 heavy (non-hydrogen) atoms. The largest absolute Gasteiger partial charge is 0.497 e. The van der Waals surface area contributed by atoms with E-state index in [1.807, 2.05) is 42.5 Å². The van der Waals surface area contributed by atoms with Gasteiger partial charge in [0.05, 0.1) is 25.8 Å². The van der Waals surface area contributed by atoms with E-state index in [-0.39, 0.29) is 25.2 Å². The van der Waals surface area contributed by atoms with Gasteiger partial charge in [-0.25, -0.2) is 4.79 Å². The first-order chi connectivity index (χ1) is 15.1. The predicted molar refractivity (Wildman–Crippen MR) is 114 cm³/mol. The molecular weight excluding hydrogens is 398 g/mol. The van der Waals surface area contributed by atoms with E-state index in [4.69, 9.17) is 18.9 Å². The average molecular weight is 423 g/mol. The number of ether oxygens (including phenoxy) is 4. The number of likely N-dealkylation sites (tertiary alicyclic amines) is 1. The van der Waals surface area contributed by atoms with Gasteiger partial charge in [-0.2, -0.15) is 0 Å². The Morgan fingerprint density at radius 3 is 2.77 bits per heavy atom. The third kappa shape index (κ3) is 4.35. The van der Waals surface area contributed by atoms with E-state index in [0.29, 0.717) is 23.6 Å². The maximum Gasteiger partial charge on any atom is 0.338 e. The lowest BCUT2D eigenvalue weighted by Crippen LogP contribution is -2.34. The van der Waals surface area contributed by atoms with Crippen LogP contribution in [0.25, 0.3) is 6.08 Å². The highest BCUT2D eigenvalue weighted by atomic mass is 16.5. The molecule has 0 bridgehead atoms. The third-order valence-electron chi connectivity index (χ3n) is 5.59. The third-order valence-corrected chi connectivity index (χ3v) is 5.59. The predicted octanol–water partition coefficient (Wildman–Crippen LogP) is 3.39. The summed E-state index contributed by atoms with van der Waals surface area (Å²) in [5, 5.41) is 0. The van der Waals surface area contributed by atoms with Gasteiger partial charge in [-0.3, -0.25) is 4.79 Å². The first-order valence-electron chi connectivity index (χ1n) is 10.2. The standard InChI is InChI=1S/C24H25NO6/c1-28-18-9-10-22(29-2)19(13-18)20-7-5-11-25(20)23(26)15-31-24(27)17-12-16-6-3-4-8-21(16)30-14-17/h3-4,6,8-10,12-13,20H,5,7,11,14-15H2,1-2H3/t20-/m1/s1. The van der Waals surface area contributed by atoms with Gasteiger partial charge in [-0.1, -0.05) is 18.2 Å². The first kappa shape index (κ1) is 20.8. The van der Waals surface area contributed by atoms with Gasteiger partial charge in [0.1, 0.15) is 23.9 Å². The maximum absolute atomic E-state index is 12.9. The summed E-state index contributed by atoms with van der Waals surface area (Å²) >= 11 is 0. The summed E-state index contributed by atoms with van der Waals surface area (Å²) in [7, 11) is 3.21. The summed E-state index contributed by atoms with van der Waals surface area (Å²) in [6.07, 6.45) is 3.41. The lowest BCUT2D eigenvalue weighted by molar-refractivity contribution is -0.149. The molecule has 0 unspecified atom stereocenters. The van der Waals surface area contributed by atoms with Gasteiger partial charge in [0.2, 0.25) is 0 Å². The van der Waals surface area contributed by atoms with Gasteiger partial charge in [-0.15, -0.1) is 0 Å². The molecule has 7 heteroatoms. The first-order valence-corrected chi connectivity index (χ1v) is 10.2. The summed E-state index contributed by atoms with van der Waals surface area (Å²) in [6.45, 7) is 0.401. The fraction of sp³-hybridized carbons (Fsp3) is 0.333. The molecule has 0 aliphatic carbocycles. The zero-order valence-corrected chi connectivity index (χ0v) is 17.6. The average Bonchev–Trinajstić information content (AvgIpc) is 3.31. The molecule has 2 aromatic rings. The van der Waals surface area contributed by atoms with Crippen LogP contribution in [-0.2, 0) is 14.3 Å². The van der Waals surface area contributed by atoms with Crippen molar-refractivity contribution in [3.63, 3.8) is 0 Å². The Labute approximate surface area is 181 Å². The Kier molecular flexibility index (Phi) is 6.11. The van der Waals surface area contributed by atoms with Crippen molar-refractivity contribution < 1.29 is 28.5 Å². The fourth-order valence-corrected chi connectivity index (χ4v) is 4.03. The number of para-hydroxylation sites is 1. The van der Waals surface area contributed by atoms with Crippen molar-refractivity contribution in [3.05, 3.63) is 59.2 Å². The van der Waals surface area contributed by atoms with Crippen molar-refractivity contribution in [1.29, 1.82) is 0 Å². The van der Waals surface area contributed by atoms with Crippen LogP contribution < -0.4 is 14.2 Å². The number of hydrogen-bond acceptors (Lipinski definition) is 6. The zero-order chi connectivity index (χ0) is 21.8. The molecule has 7 nitrogen and oxygen atoms in total. The molecule has 4 rings (SSSR count). The molecule has 2 aliphatic heterocycles. The Balaban J connectivity index is 1.43. The lowest BCUT2D eigenvalue weighted by Gasteiger charge is -2.26. The summed E-state index contributed by atoms with van der Waals surface area (Å²) in [5.74, 6) is 1.34. The number of fused-ring (bicyclic) bond motifs is 1. The molecule has 1 fully saturated rings. The molecule has 1 atom stereocenters. The number of carbonyl (C=O) groups is 2. The van der Waals surface area contributed by atoms with Gasteiger partial charge in [0.15, 0.2) is 6.61 Å². The summed E-state index contributed by atoms with van der Waals surface area (Å²) < 4.78 is 21.7. The van der Waals surface area contributed by atoms with E-state index >= 15 is 0 Å². The Bertz CT molecular complexity index is 1010. The van der Waals surface area contributed by atoms with Gasteiger partial charge >= 0.3 is 5.97 Å². The second-order valence-electron chi connectivity index (χ2n) is 7.43. The van der Waals surface area contributed by atoms with Crippen molar-refractivity contribution in [3.8, 4) is 17.2 Å². The molecular formula is C24H25NO6. The monoisotopic (exact) mass is 423 g/mol. The number of nitrogens with zero attached hydrogens (tertiary/aromatic N) is 1. The minimum Gasteiger partial charge on any atom is -0.497 e. The number of hydrogen-bond donors (Lipinski definition) is 0. The fourth-order valence-electron chi connectivity index (χ4n) is 4.03. The van der Waals surface area contributed by atoms with Crippen molar-refractivity contribution in [2.45, 2.75) is 18.9 Å². The number of methoxy groups -OCH3 is 2. The van der Waals surface area contributed by atoms with Crippen LogP contribution >= 0.6 is 0 Å². The van der Waals surface area contributed by atoms with Crippen molar-refractivity contribution in [2.75, 3.05) is 34.0 Å². The molecule has 162 valence electrons. The number of esters is 1. The van der Waals surface area contributed by atoms with Crippen molar-refractivity contribution >= 4 is 18.0 Å². The van der Waals surface area contributed by atoms with Gasteiger partial charge < -0.3 is 23.8 Å². The SMILES string of the molecule is COc1ccc(OC)c([C@H]2CCCN2C(=O)COC(=O)C2=Cc3ccccc3OC2)c1. The number of benzene rings is 2. The Hall–Kier alpha value is -3.48. The molecule has 1 amide bonds. The molecule has 0 spiro atoms. The Morgan fingerprint density at radius 2 is 1.97 bits per heavy atom. The molecule has 2 aliphatic rings. The second-order valence-corrected chi connectivity index (χ2v) is 7.43. The zero-order valence-electron chi connectivity index (χ0n) is 17.6. The molecule has 0 N–H and O–H groups in total. The lowest BCUT2D eigenvalue weighted by atomic mass is 10.0. The van der Waals surface area contributed by atoms with Crippen LogP contribution in [-0.4, -0.2) is 50.8 Å². The van der Waals surface area contributed by atoms with Crippen molar-refractivity contribution in [1.82, 2.24) is 4.90 Å². The highest BCUT2D eigenvalue weighted by Gasteiger charge is 2.33. The van der Waals surface area contributed by atoms with E-state index in [1.165, 1.54) is 0 Å². The quantitative estimate of drug-likeness (QED) is 0.663. The summed E-state index contributed by atoms with van der Waals surface area (Å²) in [5.41, 5.74) is 2.09.